The summed E-state index contributed by atoms with van der Waals surface area (Å²) in [6, 6.07) is 30.5. The number of hydrogen-bond acceptors (Lipinski definition) is 0. The van der Waals surface area contributed by atoms with Crippen LogP contribution in [0.15, 0.2) is 84.9 Å². The van der Waals surface area contributed by atoms with Gasteiger partial charge in [0.15, 0.2) is 0 Å². The fourth-order valence-electron chi connectivity index (χ4n) is 3.63. The number of aryl methyl sites for hydroxylation is 1. The molecule has 0 amide bonds. The Morgan fingerprint density at radius 1 is 0.760 bits per heavy atom. The van der Waals surface area contributed by atoms with Gasteiger partial charge in [-0.2, -0.15) is 0 Å². The van der Waals surface area contributed by atoms with E-state index in [1.807, 2.05) is 12.1 Å². The van der Waals surface area contributed by atoms with Gasteiger partial charge in [0.2, 0.25) is 0 Å². The first-order valence-electron chi connectivity index (χ1n) is 8.96. The summed E-state index contributed by atoms with van der Waals surface area (Å²) in [5.41, 5.74) is 2.02. The van der Waals surface area contributed by atoms with E-state index < -0.39 is 8.07 Å². The first-order valence-corrected chi connectivity index (χ1v) is 11.9. The van der Waals surface area contributed by atoms with Gasteiger partial charge in [-0.1, -0.05) is 108 Å². The second-order valence-electron chi connectivity index (χ2n) is 7.00. The van der Waals surface area contributed by atoms with E-state index in [2.05, 4.69) is 86.3 Å². The van der Waals surface area contributed by atoms with Crippen molar-refractivity contribution in [1.82, 2.24) is 0 Å². The molecule has 0 saturated heterocycles. The maximum atomic E-state index is 6.01. The van der Waals surface area contributed by atoms with Crippen molar-refractivity contribution in [1.29, 1.82) is 0 Å². The van der Waals surface area contributed by atoms with Gasteiger partial charge in [0.1, 0.15) is 8.07 Å². The molecule has 0 aliphatic rings. The van der Waals surface area contributed by atoms with Crippen molar-refractivity contribution < 1.29 is 0 Å². The van der Waals surface area contributed by atoms with E-state index in [-0.39, 0.29) is 0 Å². The van der Waals surface area contributed by atoms with Crippen LogP contribution in [0, 0.1) is 0 Å². The van der Waals surface area contributed by atoms with Crippen molar-refractivity contribution >= 4 is 30.0 Å². The summed E-state index contributed by atoms with van der Waals surface area (Å²) in [7, 11) is -1.80. The third-order valence-corrected chi connectivity index (χ3v) is 11.1. The van der Waals surface area contributed by atoms with E-state index in [9.17, 15) is 0 Å². The van der Waals surface area contributed by atoms with Crippen LogP contribution in [0.25, 0.3) is 0 Å². The standard InChI is InChI=1S/C23H25ClSi/c1-19(13-14-20-15-17-21(24)18-16-20)25(2,22-9-5-3-6-10-22)23-11-7-4-8-12-23/h3-12,15-19H,13-14H2,1-2H3. The van der Waals surface area contributed by atoms with E-state index in [1.165, 1.54) is 22.4 Å². The van der Waals surface area contributed by atoms with E-state index in [0.29, 0.717) is 5.54 Å². The molecular weight excluding hydrogens is 340 g/mol. The van der Waals surface area contributed by atoms with Crippen molar-refractivity contribution in [2.24, 2.45) is 0 Å². The average Bonchev–Trinajstić information content (AvgIpc) is 2.68. The monoisotopic (exact) mass is 364 g/mol. The predicted octanol–water partition coefficient (Wildman–Crippen LogP) is 5.56. The lowest BCUT2D eigenvalue weighted by molar-refractivity contribution is 0.773. The molecular formula is C23H25ClSi. The fraction of sp³-hybridized carbons (Fsp3) is 0.217. The van der Waals surface area contributed by atoms with E-state index in [0.717, 1.165) is 11.4 Å². The normalized spacial score (nSPS) is 12.8. The molecule has 2 heteroatoms. The minimum atomic E-state index is -1.80. The van der Waals surface area contributed by atoms with Gasteiger partial charge >= 0.3 is 0 Å². The van der Waals surface area contributed by atoms with Gasteiger partial charge in [-0.3, -0.25) is 0 Å². The SMILES string of the molecule is CC(CCc1ccc(Cl)cc1)[Si](C)(c1ccccc1)c1ccccc1. The smallest absolute Gasteiger partial charge is 0.0843 e. The second kappa shape index (κ2) is 8.03. The zero-order valence-electron chi connectivity index (χ0n) is 15.0. The van der Waals surface area contributed by atoms with Crippen molar-refractivity contribution in [3.8, 4) is 0 Å². The minimum absolute atomic E-state index is 0.646. The molecule has 3 aromatic rings. The van der Waals surface area contributed by atoms with E-state index >= 15 is 0 Å². The third-order valence-electron chi connectivity index (χ3n) is 5.51. The number of halogens is 1. The Morgan fingerprint density at radius 3 is 1.72 bits per heavy atom. The van der Waals surface area contributed by atoms with Crippen LogP contribution in [0.1, 0.15) is 18.9 Å². The molecule has 128 valence electrons. The van der Waals surface area contributed by atoms with Crippen molar-refractivity contribution in [2.75, 3.05) is 0 Å². The molecule has 0 aromatic heterocycles. The van der Waals surface area contributed by atoms with Gasteiger partial charge < -0.3 is 0 Å². The molecule has 0 N–H and O–H groups in total. The minimum Gasteiger partial charge on any atom is -0.0843 e. The summed E-state index contributed by atoms with van der Waals surface area (Å²) in [4.78, 5) is 0. The summed E-state index contributed by atoms with van der Waals surface area (Å²) < 4.78 is 0. The van der Waals surface area contributed by atoms with Gasteiger partial charge in [0.05, 0.1) is 0 Å². The highest BCUT2D eigenvalue weighted by Crippen LogP contribution is 2.27. The molecule has 0 aliphatic carbocycles. The molecule has 25 heavy (non-hydrogen) atoms. The molecule has 0 saturated carbocycles. The molecule has 0 heterocycles. The number of benzene rings is 3. The maximum Gasteiger partial charge on any atom is 0.117 e. The molecule has 1 atom stereocenters. The molecule has 0 fully saturated rings. The summed E-state index contributed by atoms with van der Waals surface area (Å²) in [6.45, 7) is 4.95. The zero-order valence-corrected chi connectivity index (χ0v) is 16.7. The highest BCUT2D eigenvalue weighted by atomic mass is 35.5. The van der Waals surface area contributed by atoms with Crippen LogP contribution in [0.2, 0.25) is 17.1 Å². The van der Waals surface area contributed by atoms with Crippen molar-refractivity contribution in [3.05, 3.63) is 95.5 Å². The van der Waals surface area contributed by atoms with E-state index in [1.54, 1.807) is 0 Å². The first kappa shape index (κ1) is 18.0. The molecule has 0 spiro atoms. The first-order chi connectivity index (χ1) is 12.1. The largest absolute Gasteiger partial charge is 0.117 e. The van der Waals surface area contributed by atoms with Crippen LogP contribution in [0.4, 0.5) is 0 Å². The Labute approximate surface area is 157 Å². The van der Waals surface area contributed by atoms with Gasteiger partial charge in [-0.15, -0.1) is 0 Å². The Hall–Kier alpha value is -1.83. The van der Waals surface area contributed by atoms with Crippen LogP contribution < -0.4 is 10.4 Å². The number of rotatable bonds is 6. The Bertz CT molecular complexity index is 742. The highest BCUT2D eigenvalue weighted by molar-refractivity contribution is 7.02. The van der Waals surface area contributed by atoms with Crippen molar-refractivity contribution in [2.45, 2.75) is 31.9 Å². The highest BCUT2D eigenvalue weighted by Gasteiger charge is 2.37. The van der Waals surface area contributed by atoms with Gasteiger partial charge in [0.25, 0.3) is 0 Å². The van der Waals surface area contributed by atoms with Crippen LogP contribution in [0.5, 0.6) is 0 Å². The van der Waals surface area contributed by atoms with E-state index in [4.69, 9.17) is 11.6 Å². The topological polar surface area (TPSA) is 0 Å². The lowest BCUT2D eigenvalue weighted by atomic mass is 10.1. The lowest BCUT2D eigenvalue weighted by Crippen LogP contribution is -2.58. The molecule has 3 aromatic carbocycles. The van der Waals surface area contributed by atoms with Crippen LogP contribution in [-0.2, 0) is 6.42 Å². The summed E-state index contributed by atoms with van der Waals surface area (Å²) in [5, 5.41) is 3.85. The second-order valence-corrected chi connectivity index (χ2v) is 12.0. The number of hydrogen-bond donors (Lipinski definition) is 0. The Kier molecular flexibility index (Phi) is 5.77. The van der Waals surface area contributed by atoms with Gasteiger partial charge in [-0.25, -0.2) is 0 Å². The summed E-state index contributed by atoms with van der Waals surface area (Å²) >= 11 is 6.01. The van der Waals surface area contributed by atoms with Crippen LogP contribution in [0.3, 0.4) is 0 Å². The predicted molar refractivity (Wildman–Crippen MR) is 113 cm³/mol. The molecule has 0 aliphatic heterocycles. The Balaban J connectivity index is 1.88. The maximum absolute atomic E-state index is 6.01. The fourth-order valence-corrected chi connectivity index (χ4v) is 7.72. The summed E-state index contributed by atoms with van der Waals surface area (Å²) in [6.07, 6.45) is 2.29. The van der Waals surface area contributed by atoms with Gasteiger partial charge in [-0.05, 0) is 36.1 Å². The Morgan fingerprint density at radius 2 is 1.24 bits per heavy atom. The quantitative estimate of drug-likeness (QED) is 0.502. The molecule has 3 rings (SSSR count). The zero-order chi connectivity index (χ0) is 17.7. The van der Waals surface area contributed by atoms with Crippen LogP contribution in [-0.4, -0.2) is 8.07 Å². The molecule has 0 nitrogen and oxygen atoms in total. The van der Waals surface area contributed by atoms with Crippen LogP contribution >= 0.6 is 11.6 Å². The summed E-state index contributed by atoms with van der Waals surface area (Å²) in [5.74, 6) is 0. The van der Waals surface area contributed by atoms with Gasteiger partial charge in [0, 0.05) is 5.02 Å². The molecule has 1 unspecified atom stereocenters. The third kappa shape index (κ3) is 4.05. The molecule has 0 bridgehead atoms. The van der Waals surface area contributed by atoms with Crippen molar-refractivity contribution in [3.63, 3.8) is 0 Å². The average molecular weight is 365 g/mol. The lowest BCUT2D eigenvalue weighted by Gasteiger charge is -2.35. The molecule has 0 radical (unpaired) electrons.